The lowest BCUT2D eigenvalue weighted by molar-refractivity contribution is -0.142. The predicted molar refractivity (Wildman–Crippen MR) is 66.9 cm³/mol. The molecule has 0 unspecified atom stereocenters. The zero-order chi connectivity index (χ0) is 14.4. The van der Waals surface area contributed by atoms with Crippen LogP contribution >= 0.6 is 0 Å². The van der Waals surface area contributed by atoms with Crippen LogP contribution < -0.4 is 5.32 Å². The Morgan fingerprint density at radius 1 is 1.42 bits per heavy atom. The zero-order valence-electron chi connectivity index (χ0n) is 11.3. The molecule has 0 aliphatic carbocycles. The van der Waals surface area contributed by atoms with Crippen molar-refractivity contribution < 1.29 is 19.5 Å². The molecule has 0 bridgehead atoms. The molecule has 1 amide bonds. The van der Waals surface area contributed by atoms with Crippen LogP contribution in [0.4, 0.5) is 0 Å². The van der Waals surface area contributed by atoms with Crippen molar-refractivity contribution in [3.05, 3.63) is 11.4 Å². The SMILES string of the molecule is CC(C)(C)C(=O)C1=C2NCCN2C(=O)[C@H]1CC(=O)O. The summed E-state index contributed by atoms with van der Waals surface area (Å²) in [6.07, 6.45) is -0.336. The summed E-state index contributed by atoms with van der Waals surface area (Å²) in [7, 11) is 0. The Morgan fingerprint density at radius 3 is 2.58 bits per heavy atom. The molecule has 19 heavy (non-hydrogen) atoms. The second kappa shape index (κ2) is 4.36. The number of hydrogen-bond donors (Lipinski definition) is 2. The molecular weight excluding hydrogens is 248 g/mol. The highest BCUT2D eigenvalue weighted by atomic mass is 16.4. The summed E-state index contributed by atoms with van der Waals surface area (Å²) in [5.41, 5.74) is -0.308. The van der Waals surface area contributed by atoms with Gasteiger partial charge in [0.1, 0.15) is 5.82 Å². The first-order chi connectivity index (χ1) is 8.73. The molecule has 2 heterocycles. The number of nitrogens with one attached hydrogen (secondary N) is 1. The van der Waals surface area contributed by atoms with Crippen LogP contribution in [-0.2, 0) is 14.4 Å². The Balaban J connectivity index is 2.44. The minimum Gasteiger partial charge on any atom is -0.481 e. The number of fused-ring (bicyclic) bond motifs is 1. The standard InChI is InChI=1S/C13H18N2O4/c1-13(2,3)10(18)9-7(6-8(16)17)12(19)15-5-4-14-11(9)15/h7,14H,4-6H2,1-3H3,(H,16,17)/t7-/m0/s1. The molecule has 0 spiro atoms. The lowest BCUT2D eigenvalue weighted by atomic mass is 9.81. The summed E-state index contributed by atoms with van der Waals surface area (Å²) in [5, 5.41) is 12.0. The Kier molecular flexibility index (Phi) is 3.12. The average Bonchev–Trinajstić information content (AvgIpc) is 2.81. The maximum Gasteiger partial charge on any atom is 0.304 e. The summed E-state index contributed by atoms with van der Waals surface area (Å²) in [6, 6.07) is 0. The molecule has 2 aliphatic rings. The number of amides is 1. The van der Waals surface area contributed by atoms with E-state index >= 15 is 0 Å². The van der Waals surface area contributed by atoms with Crippen molar-refractivity contribution in [3.8, 4) is 0 Å². The van der Waals surface area contributed by atoms with Crippen LogP contribution in [0.2, 0.25) is 0 Å². The summed E-state index contributed by atoms with van der Waals surface area (Å²) < 4.78 is 0. The Bertz CT molecular complexity index is 487. The highest BCUT2D eigenvalue weighted by molar-refractivity contribution is 6.08. The molecule has 1 fully saturated rings. The van der Waals surface area contributed by atoms with Gasteiger partial charge in [-0.1, -0.05) is 20.8 Å². The van der Waals surface area contributed by atoms with E-state index in [0.717, 1.165) is 0 Å². The summed E-state index contributed by atoms with van der Waals surface area (Å²) in [4.78, 5) is 37.1. The van der Waals surface area contributed by atoms with Crippen LogP contribution in [0, 0.1) is 11.3 Å². The molecule has 0 aromatic rings. The lowest BCUT2D eigenvalue weighted by Crippen LogP contribution is -2.31. The fraction of sp³-hybridized carbons (Fsp3) is 0.615. The molecule has 2 aliphatic heterocycles. The van der Waals surface area contributed by atoms with Crippen molar-refractivity contribution in [2.24, 2.45) is 11.3 Å². The smallest absolute Gasteiger partial charge is 0.304 e. The van der Waals surface area contributed by atoms with E-state index < -0.39 is 17.3 Å². The summed E-state index contributed by atoms with van der Waals surface area (Å²) >= 11 is 0. The monoisotopic (exact) mass is 266 g/mol. The molecule has 6 heteroatoms. The molecule has 1 saturated heterocycles. The van der Waals surface area contributed by atoms with Crippen LogP contribution in [0.1, 0.15) is 27.2 Å². The second-order valence-corrected chi connectivity index (χ2v) is 5.91. The van der Waals surface area contributed by atoms with E-state index in [1.165, 1.54) is 4.90 Å². The Labute approximate surface area is 111 Å². The quantitative estimate of drug-likeness (QED) is 0.769. The molecule has 0 aromatic carbocycles. The number of rotatable bonds is 3. The number of carboxylic acids is 1. The fourth-order valence-corrected chi connectivity index (χ4v) is 2.46. The largest absolute Gasteiger partial charge is 0.481 e. The van der Waals surface area contributed by atoms with Crippen molar-refractivity contribution in [1.82, 2.24) is 10.2 Å². The second-order valence-electron chi connectivity index (χ2n) is 5.91. The minimum atomic E-state index is -1.07. The van der Waals surface area contributed by atoms with Crippen LogP contribution in [0.5, 0.6) is 0 Å². The van der Waals surface area contributed by atoms with Gasteiger partial charge in [0.25, 0.3) is 0 Å². The Morgan fingerprint density at radius 2 is 2.05 bits per heavy atom. The lowest BCUT2D eigenvalue weighted by Gasteiger charge is -2.20. The highest BCUT2D eigenvalue weighted by Gasteiger charge is 2.47. The number of aliphatic carboxylic acids is 1. The molecule has 0 saturated carbocycles. The third kappa shape index (κ3) is 2.22. The maximum atomic E-state index is 12.5. The van der Waals surface area contributed by atoms with Crippen molar-refractivity contribution in [2.75, 3.05) is 13.1 Å². The number of carboxylic acid groups (broad SMARTS) is 1. The molecule has 2 N–H and O–H groups in total. The topological polar surface area (TPSA) is 86.7 Å². The number of hydrogen-bond acceptors (Lipinski definition) is 4. The van der Waals surface area contributed by atoms with Crippen molar-refractivity contribution in [3.63, 3.8) is 0 Å². The first-order valence-electron chi connectivity index (χ1n) is 6.29. The van der Waals surface area contributed by atoms with Gasteiger partial charge in [0.2, 0.25) is 5.91 Å². The molecular formula is C13H18N2O4. The molecule has 6 nitrogen and oxygen atoms in total. The van der Waals surface area contributed by atoms with Crippen LogP contribution in [0.15, 0.2) is 11.4 Å². The molecule has 0 aromatic heterocycles. The molecule has 1 atom stereocenters. The third-order valence-electron chi connectivity index (χ3n) is 3.37. The summed E-state index contributed by atoms with van der Waals surface area (Å²) in [5.74, 6) is -1.86. The highest BCUT2D eigenvalue weighted by Crippen LogP contribution is 2.37. The first kappa shape index (κ1) is 13.6. The van der Waals surface area contributed by atoms with E-state index in [1.807, 2.05) is 0 Å². The number of ketones is 1. The number of Topliss-reactive ketones (excluding diaryl/α,β-unsaturated/α-hetero) is 1. The van der Waals surface area contributed by atoms with Gasteiger partial charge >= 0.3 is 5.97 Å². The van der Waals surface area contributed by atoms with Gasteiger partial charge in [-0.2, -0.15) is 0 Å². The predicted octanol–water partition coefficient (Wildman–Crippen LogP) is 0.350. The number of nitrogens with zero attached hydrogens (tertiary/aromatic N) is 1. The Hall–Kier alpha value is -1.85. The van der Waals surface area contributed by atoms with E-state index in [-0.39, 0.29) is 18.1 Å². The fourth-order valence-electron chi connectivity index (χ4n) is 2.46. The van der Waals surface area contributed by atoms with Crippen molar-refractivity contribution in [2.45, 2.75) is 27.2 Å². The van der Waals surface area contributed by atoms with E-state index in [2.05, 4.69) is 5.32 Å². The first-order valence-corrected chi connectivity index (χ1v) is 6.29. The number of carbonyl (C=O) groups is 3. The van der Waals surface area contributed by atoms with E-state index in [1.54, 1.807) is 20.8 Å². The molecule has 0 radical (unpaired) electrons. The minimum absolute atomic E-state index is 0.168. The van der Waals surface area contributed by atoms with Gasteiger partial charge in [-0.3, -0.25) is 19.3 Å². The van der Waals surface area contributed by atoms with Gasteiger partial charge in [0, 0.05) is 24.1 Å². The average molecular weight is 266 g/mol. The third-order valence-corrected chi connectivity index (χ3v) is 3.37. The van der Waals surface area contributed by atoms with E-state index in [4.69, 9.17) is 5.11 Å². The summed E-state index contributed by atoms with van der Waals surface area (Å²) in [6.45, 7) is 6.39. The van der Waals surface area contributed by atoms with Crippen molar-refractivity contribution >= 4 is 17.7 Å². The van der Waals surface area contributed by atoms with Gasteiger partial charge in [-0.25, -0.2) is 0 Å². The van der Waals surface area contributed by atoms with Gasteiger partial charge in [0.15, 0.2) is 5.78 Å². The van der Waals surface area contributed by atoms with Gasteiger partial charge < -0.3 is 10.4 Å². The van der Waals surface area contributed by atoms with Crippen LogP contribution in [-0.4, -0.2) is 40.8 Å². The van der Waals surface area contributed by atoms with Gasteiger partial charge in [0.05, 0.1) is 12.3 Å². The van der Waals surface area contributed by atoms with Gasteiger partial charge in [-0.05, 0) is 0 Å². The zero-order valence-corrected chi connectivity index (χ0v) is 11.3. The molecule has 104 valence electrons. The van der Waals surface area contributed by atoms with Crippen molar-refractivity contribution in [1.29, 1.82) is 0 Å². The van der Waals surface area contributed by atoms with Crippen LogP contribution in [0.25, 0.3) is 0 Å². The maximum absolute atomic E-state index is 12.5. The normalized spacial score (nSPS) is 22.6. The number of carbonyl (C=O) groups excluding carboxylic acids is 2. The van der Waals surface area contributed by atoms with E-state index in [0.29, 0.717) is 24.5 Å². The molecule has 2 rings (SSSR count). The van der Waals surface area contributed by atoms with Gasteiger partial charge in [-0.15, -0.1) is 0 Å². The van der Waals surface area contributed by atoms with E-state index in [9.17, 15) is 14.4 Å². The van der Waals surface area contributed by atoms with Crippen LogP contribution in [0.3, 0.4) is 0 Å².